The number of hydrogen-bond donors (Lipinski definition) is 3. The van der Waals surface area contributed by atoms with Gasteiger partial charge < -0.3 is 5.11 Å². The molecule has 0 radical (unpaired) electrons. The van der Waals surface area contributed by atoms with Crippen molar-refractivity contribution in [2.45, 2.75) is 6.92 Å². The van der Waals surface area contributed by atoms with E-state index in [9.17, 15) is 12.8 Å². The van der Waals surface area contributed by atoms with Crippen molar-refractivity contribution in [1.82, 2.24) is 4.72 Å². The Hall–Kier alpha value is -1.62. The van der Waals surface area contributed by atoms with Gasteiger partial charge >= 0.3 is 0 Å². The third kappa shape index (κ3) is 4.33. The normalized spacial score (nSPS) is 10.6. The summed E-state index contributed by atoms with van der Waals surface area (Å²) in [5, 5.41) is 8.59. The molecule has 0 saturated carbocycles. The Bertz CT molecular complexity index is 576. The van der Waals surface area contributed by atoms with E-state index in [1.54, 1.807) is 6.92 Å². The highest BCUT2D eigenvalue weighted by Crippen LogP contribution is 2.16. The van der Waals surface area contributed by atoms with Crippen molar-refractivity contribution in [3.05, 3.63) is 29.6 Å². The number of aliphatic hydroxyl groups excluding tert-OH is 1. The number of rotatable bonds is 4. The molecule has 0 aliphatic rings. The van der Waals surface area contributed by atoms with Crippen LogP contribution in [-0.2, 0) is 10.2 Å². The van der Waals surface area contributed by atoms with Crippen LogP contribution < -0.4 is 9.44 Å². The van der Waals surface area contributed by atoms with E-state index in [4.69, 9.17) is 5.11 Å². The van der Waals surface area contributed by atoms with Crippen LogP contribution in [0.1, 0.15) is 12.5 Å². The van der Waals surface area contributed by atoms with E-state index >= 15 is 0 Å². The van der Waals surface area contributed by atoms with E-state index in [2.05, 4.69) is 21.3 Å². The Balaban J connectivity index is 3.09. The zero-order valence-corrected chi connectivity index (χ0v) is 10.5. The molecule has 0 amide bonds. The molecular weight excluding hydrogens is 259 g/mol. The van der Waals surface area contributed by atoms with Gasteiger partial charge in [-0.2, -0.15) is 13.1 Å². The van der Waals surface area contributed by atoms with Crippen LogP contribution in [0.3, 0.4) is 0 Å². The quantitative estimate of drug-likeness (QED) is 0.696. The predicted molar refractivity (Wildman–Crippen MR) is 66.6 cm³/mol. The number of halogens is 1. The number of anilines is 1. The Labute approximate surface area is 105 Å². The average molecular weight is 272 g/mol. The first-order valence-corrected chi connectivity index (χ1v) is 6.63. The third-order valence-electron chi connectivity index (χ3n) is 1.86. The Morgan fingerprint density at radius 2 is 2.17 bits per heavy atom. The molecule has 18 heavy (non-hydrogen) atoms. The van der Waals surface area contributed by atoms with Crippen LogP contribution in [-0.4, -0.2) is 26.7 Å². The van der Waals surface area contributed by atoms with Crippen LogP contribution in [0.4, 0.5) is 10.1 Å². The van der Waals surface area contributed by atoms with Crippen LogP contribution in [0.5, 0.6) is 0 Å². The predicted octanol–water partition coefficient (Wildman–Crippen LogP) is 0.436. The van der Waals surface area contributed by atoms with E-state index in [0.717, 1.165) is 12.1 Å². The molecule has 0 fully saturated rings. The molecule has 0 spiro atoms. The summed E-state index contributed by atoms with van der Waals surface area (Å²) in [5.41, 5.74) is 0.309. The first kappa shape index (κ1) is 14.4. The fraction of sp³-hybridized carbons (Fsp3) is 0.273. The maximum atomic E-state index is 13.0. The molecule has 7 heteroatoms. The van der Waals surface area contributed by atoms with Gasteiger partial charge in [-0.1, -0.05) is 18.8 Å². The van der Waals surface area contributed by atoms with Crippen molar-refractivity contribution in [2.75, 3.05) is 17.9 Å². The lowest BCUT2D eigenvalue weighted by Crippen LogP contribution is -2.30. The summed E-state index contributed by atoms with van der Waals surface area (Å²) in [6.07, 6.45) is 0. The Morgan fingerprint density at radius 1 is 1.44 bits per heavy atom. The lowest BCUT2D eigenvalue weighted by Gasteiger charge is -2.09. The van der Waals surface area contributed by atoms with Gasteiger partial charge in [-0.15, -0.1) is 0 Å². The lowest BCUT2D eigenvalue weighted by molar-refractivity contribution is 0.350. The molecule has 0 saturated heterocycles. The topological polar surface area (TPSA) is 78.4 Å². The van der Waals surface area contributed by atoms with Crippen LogP contribution in [0, 0.1) is 17.7 Å². The summed E-state index contributed by atoms with van der Waals surface area (Å²) in [5.74, 6) is 4.27. The number of hydrogen-bond acceptors (Lipinski definition) is 3. The third-order valence-corrected chi connectivity index (χ3v) is 3.02. The maximum Gasteiger partial charge on any atom is 0.299 e. The second-order valence-electron chi connectivity index (χ2n) is 3.25. The summed E-state index contributed by atoms with van der Waals surface area (Å²) in [7, 11) is -3.70. The Kier molecular flexibility index (Phi) is 5.09. The van der Waals surface area contributed by atoms with Crippen molar-refractivity contribution in [2.24, 2.45) is 0 Å². The van der Waals surface area contributed by atoms with Gasteiger partial charge in [-0.25, -0.2) is 4.39 Å². The molecular formula is C11H13FN2O3S. The minimum Gasteiger partial charge on any atom is -0.384 e. The summed E-state index contributed by atoms with van der Waals surface area (Å²) < 4.78 is 40.5. The summed E-state index contributed by atoms with van der Waals surface area (Å²) >= 11 is 0. The first-order valence-electron chi connectivity index (χ1n) is 5.15. The van der Waals surface area contributed by atoms with Crippen molar-refractivity contribution in [3.63, 3.8) is 0 Å². The number of aliphatic hydroxyl groups is 1. The largest absolute Gasteiger partial charge is 0.384 e. The van der Waals surface area contributed by atoms with Gasteiger partial charge in [-0.3, -0.25) is 4.72 Å². The molecule has 0 aromatic heterocycles. The minimum atomic E-state index is -3.70. The van der Waals surface area contributed by atoms with Crippen molar-refractivity contribution in [3.8, 4) is 11.8 Å². The van der Waals surface area contributed by atoms with E-state index in [-0.39, 0.29) is 17.8 Å². The molecule has 0 bridgehead atoms. The average Bonchev–Trinajstić information content (AvgIpc) is 2.29. The minimum absolute atomic E-state index is 0.151. The van der Waals surface area contributed by atoms with E-state index in [1.165, 1.54) is 6.07 Å². The fourth-order valence-corrected chi connectivity index (χ4v) is 2.13. The van der Waals surface area contributed by atoms with Gasteiger partial charge in [0.15, 0.2) is 0 Å². The van der Waals surface area contributed by atoms with Gasteiger partial charge in [0, 0.05) is 6.54 Å². The van der Waals surface area contributed by atoms with E-state index < -0.39 is 22.6 Å². The molecule has 1 rings (SSSR count). The van der Waals surface area contributed by atoms with Gasteiger partial charge in [-0.05, 0) is 18.2 Å². The van der Waals surface area contributed by atoms with Gasteiger partial charge in [0.05, 0.1) is 11.3 Å². The molecule has 0 unspecified atom stereocenters. The molecule has 0 atom stereocenters. The molecule has 98 valence electrons. The second-order valence-corrected chi connectivity index (χ2v) is 4.75. The highest BCUT2D eigenvalue weighted by molar-refractivity contribution is 7.90. The molecule has 0 heterocycles. The molecule has 5 nitrogen and oxygen atoms in total. The van der Waals surface area contributed by atoms with Crippen molar-refractivity contribution < 1.29 is 17.9 Å². The fourth-order valence-electron chi connectivity index (χ4n) is 1.21. The van der Waals surface area contributed by atoms with E-state index in [0.29, 0.717) is 0 Å². The second kappa shape index (κ2) is 6.35. The molecule has 1 aromatic rings. The van der Waals surface area contributed by atoms with E-state index in [1.807, 2.05) is 0 Å². The zero-order chi connectivity index (χ0) is 13.6. The van der Waals surface area contributed by atoms with Gasteiger partial charge in [0.2, 0.25) is 0 Å². The standard InChI is InChI=1S/C11H13FN2O3S/c1-2-13-18(16,17)14-11-6-5-10(12)8-9(11)4-3-7-15/h5-6,8,13-15H,2,7H2,1H3. The SMILES string of the molecule is CCNS(=O)(=O)Nc1ccc(F)cc1C#CCO. The summed E-state index contributed by atoms with van der Waals surface area (Å²) in [6, 6.07) is 3.48. The van der Waals surface area contributed by atoms with Crippen molar-refractivity contribution in [1.29, 1.82) is 0 Å². The summed E-state index contributed by atoms with van der Waals surface area (Å²) in [6.45, 7) is 1.47. The molecule has 3 N–H and O–H groups in total. The lowest BCUT2D eigenvalue weighted by atomic mass is 10.2. The highest BCUT2D eigenvalue weighted by Gasteiger charge is 2.10. The molecule has 0 aliphatic heterocycles. The van der Waals surface area contributed by atoms with Crippen LogP contribution in [0.25, 0.3) is 0 Å². The van der Waals surface area contributed by atoms with Gasteiger partial charge in [0.25, 0.3) is 10.2 Å². The summed E-state index contributed by atoms with van der Waals surface area (Å²) in [4.78, 5) is 0. The number of benzene rings is 1. The van der Waals surface area contributed by atoms with Crippen LogP contribution in [0.2, 0.25) is 0 Å². The van der Waals surface area contributed by atoms with Crippen LogP contribution in [0.15, 0.2) is 18.2 Å². The Morgan fingerprint density at radius 3 is 2.78 bits per heavy atom. The monoisotopic (exact) mass is 272 g/mol. The number of nitrogens with one attached hydrogen (secondary N) is 2. The first-order chi connectivity index (χ1) is 8.48. The molecule has 1 aromatic carbocycles. The maximum absolute atomic E-state index is 13.0. The van der Waals surface area contributed by atoms with Crippen LogP contribution >= 0.6 is 0 Å². The smallest absolute Gasteiger partial charge is 0.299 e. The highest BCUT2D eigenvalue weighted by atomic mass is 32.2. The van der Waals surface area contributed by atoms with Gasteiger partial charge in [0.1, 0.15) is 12.4 Å². The van der Waals surface area contributed by atoms with Crippen molar-refractivity contribution >= 4 is 15.9 Å². The molecule has 0 aliphatic carbocycles. The zero-order valence-electron chi connectivity index (χ0n) is 9.70.